The van der Waals surface area contributed by atoms with Gasteiger partial charge >= 0.3 is 0 Å². The molecule has 1 saturated heterocycles. The molecule has 1 aliphatic heterocycles. The van der Waals surface area contributed by atoms with Gasteiger partial charge in [-0.05, 0) is 38.4 Å². The lowest BCUT2D eigenvalue weighted by Gasteiger charge is -2.12. The van der Waals surface area contributed by atoms with Crippen molar-refractivity contribution < 1.29 is 18.4 Å². The molecule has 8 heteroatoms. The van der Waals surface area contributed by atoms with Crippen LogP contribution in [0.5, 0.6) is 0 Å². The van der Waals surface area contributed by atoms with Crippen LogP contribution < -0.4 is 16.0 Å². The molecule has 2 amide bonds. The monoisotopic (exact) mass is 326 g/mol. The number of halogens is 2. The predicted octanol–water partition coefficient (Wildman–Crippen LogP) is 1.12. The van der Waals surface area contributed by atoms with Gasteiger partial charge in [0.25, 0.3) is 5.92 Å². The minimum Gasteiger partial charge on any atom is -0.325 e. The molecule has 126 valence electrons. The Kier molecular flexibility index (Phi) is 5.27. The van der Waals surface area contributed by atoms with Crippen LogP contribution in [0.25, 0.3) is 0 Å². The van der Waals surface area contributed by atoms with Gasteiger partial charge in [0.1, 0.15) is 0 Å². The largest absolute Gasteiger partial charge is 0.325 e. The smallest absolute Gasteiger partial charge is 0.262 e. The molecule has 0 aromatic heterocycles. The van der Waals surface area contributed by atoms with E-state index in [1.165, 1.54) is 0 Å². The molecule has 23 heavy (non-hydrogen) atoms. The van der Waals surface area contributed by atoms with Crippen LogP contribution >= 0.6 is 0 Å². The first-order valence-corrected chi connectivity index (χ1v) is 7.22. The van der Waals surface area contributed by atoms with E-state index in [4.69, 9.17) is 0 Å². The zero-order chi connectivity index (χ0) is 17.0. The second kappa shape index (κ2) is 7.01. The van der Waals surface area contributed by atoms with E-state index in [2.05, 4.69) is 16.0 Å². The average molecular weight is 326 g/mol. The first-order chi connectivity index (χ1) is 10.7. The van der Waals surface area contributed by atoms with Crippen molar-refractivity contribution in [3.63, 3.8) is 0 Å². The Balaban J connectivity index is 1.87. The number of hydrogen-bond acceptors (Lipinski definition) is 4. The maximum Gasteiger partial charge on any atom is 0.262 e. The summed E-state index contributed by atoms with van der Waals surface area (Å²) >= 11 is 0. The zero-order valence-corrected chi connectivity index (χ0v) is 13.0. The van der Waals surface area contributed by atoms with Crippen molar-refractivity contribution >= 4 is 23.2 Å². The van der Waals surface area contributed by atoms with Crippen LogP contribution in [0.15, 0.2) is 24.3 Å². The number of likely N-dealkylation sites (N-methyl/N-ethyl adjacent to an activating group) is 1. The molecule has 0 radical (unpaired) electrons. The minimum atomic E-state index is -2.84. The fourth-order valence-corrected chi connectivity index (χ4v) is 2.25. The van der Waals surface area contributed by atoms with E-state index in [-0.39, 0.29) is 12.5 Å². The van der Waals surface area contributed by atoms with Crippen molar-refractivity contribution in [2.75, 3.05) is 37.8 Å². The second-order valence-electron chi connectivity index (χ2n) is 5.85. The summed E-state index contributed by atoms with van der Waals surface area (Å²) in [5.74, 6) is -3.49. The number of rotatable bonds is 5. The van der Waals surface area contributed by atoms with Crippen LogP contribution in [0.3, 0.4) is 0 Å². The van der Waals surface area contributed by atoms with E-state index in [1.54, 1.807) is 43.3 Å². The van der Waals surface area contributed by atoms with Crippen molar-refractivity contribution in [3.05, 3.63) is 24.3 Å². The number of alkyl halides is 2. The minimum absolute atomic E-state index is 0.149. The summed E-state index contributed by atoms with van der Waals surface area (Å²) < 4.78 is 26.1. The second-order valence-corrected chi connectivity index (χ2v) is 5.85. The van der Waals surface area contributed by atoms with Crippen LogP contribution in [-0.2, 0) is 9.59 Å². The van der Waals surface area contributed by atoms with Crippen molar-refractivity contribution in [1.29, 1.82) is 0 Å². The number of benzene rings is 1. The number of amides is 2. The van der Waals surface area contributed by atoms with Gasteiger partial charge in [-0.1, -0.05) is 0 Å². The Bertz CT molecular complexity index is 575. The summed E-state index contributed by atoms with van der Waals surface area (Å²) in [5.41, 5.74) is 1.08. The Morgan fingerprint density at radius 2 is 1.78 bits per heavy atom. The predicted molar refractivity (Wildman–Crippen MR) is 83.6 cm³/mol. The molecule has 3 N–H and O–H groups in total. The topological polar surface area (TPSA) is 73.5 Å². The number of hydrogen-bond donors (Lipinski definition) is 3. The fraction of sp³-hybridized carbons (Fsp3) is 0.467. The molecule has 2 rings (SSSR count). The first kappa shape index (κ1) is 17.3. The van der Waals surface area contributed by atoms with E-state index in [1.807, 2.05) is 0 Å². The molecule has 1 unspecified atom stereocenters. The Hall–Kier alpha value is -2.06. The third-order valence-electron chi connectivity index (χ3n) is 3.32. The summed E-state index contributed by atoms with van der Waals surface area (Å²) in [6.07, 6.45) is -0.502. The molecule has 0 saturated carbocycles. The first-order valence-electron chi connectivity index (χ1n) is 7.22. The van der Waals surface area contributed by atoms with E-state index < -0.39 is 30.8 Å². The molecule has 0 spiro atoms. The highest BCUT2D eigenvalue weighted by Crippen LogP contribution is 2.25. The number of nitrogens with one attached hydrogen (secondary N) is 3. The summed E-state index contributed by atoms with van der Waals surface area (Å²) in [7, 11) is 3.58. The highest BCUT2D eigenvalue weighted by molar-refractivity contribution is 5.96. The van der Waals surface area contributed by atoms with E-state index in [0.29, 0.717) is 11.4 Å². The molecule has 1 aromatic rings. The molecule has 0 bridgehead atoms. The number of anilines is 2. The highest BCUT2D eigenvalue weighted by atomic mass is 19.3. The van der Waals surface area contributed by atoms with Crippen molar-refractivity contribution in [2.45, 2.75) is 18.4 Å². The van der Waals surface area contributed by atoms with E-state index in [9.17, 15) is 18.4 Å². The van der Waals surface area contributed by atoms with Crippen molar-refractivity contribution in [3.8, 4) is 0 Å². The maximum atomic E-state index is 13.1. The lowest BCUT2D eigenvalue weighted by Crippen LogP contribution is -2.35. The SMILES string of the molecule is CN(C)CC(=O)Nc1ccc(NC(=O)C2CC(F)(F)CN2)cc1. The summed E-state index contributed by atoms with van der Waals surface area (Å²) in [5, 5.41) is 7.79. The van der Waals surface area contributed by atoms with Crippen LogP contribution in [-0.4, -0.2) is 55.9 Å². The van der Waals surface area contributed by atoms with Crippen LogP contribution in [0.1, 0.15) is 6.42 Å². The molecule has 1 aromatic carbocycles. The van der Waals surface area contributed by atoms with Gasteiger partial charge in [-0.15, -0.1) is 0 Å². The number of nitrogens with zero attached hydrogens (tertiary/aromatic N) is 1. The maximum absolute atomic E-state index is 13.1. The zero-order valence-electron chi connectivity index (χ0n) is 13.0. The molecule has 0 aliphatic carbocycles. The summed E-state index contributed by atoms with van der Waals surface area (Å²) in [6.45, 7) is -0.220. The van der Waals surface area contributed by atoms with Gasteiger partial charge in [0, 0.05) is 17.8 Å². The molecule has 1 aliphatic rings. The molecule has 1 heterocycles. The van der Waals surface area contributed by atoms with E-state index >= 15 is 0 Å². The van der Waals surface area contributed by atoms with Gasteiger partial charge in [0.05, 0.1) is 19.1 Å². The van der Waals surface area contributed by atoms with Crippen LogP contribution in [0.2, 0.25) is 0 Å². The van der Waals surface area contributed by atoms with Gasteiger partial charge in [-0.3, -0.25) is 14.9 Å². The lowest BCUT2D eigenvalue weighted by molar-refractivity contribution is -0.118. The van der Waals surface area contributed by atoms with Gasteiger partial charge in [0.2, 0.25) is 11.8 Å². The summed E-state index contributed by atoms with van der Waals surface area (Å²) in [4.78, 5) is 25.3. The van der Waals surface area contributed by atoms with Gasteiger partial charge in [0.15, 0.2) is 0 Å². The highest BCUT2D eigenvalue weighted by Gasteiger charge is 2.42. The normalized spacial score (nSPS) is 19.6. The number of carbonyl (C=O) groups excluding carboxylic acids is 2. The third kappa shape index (κ3) is 5.26. The van der Waals surface area contributed by atoms with Gasteiger partial charge in [-0.2, -0.15) is 0 Å². The Labute approximate surface area is 133 Å². The average Bonchev–Trinajstić information content (AvgIpc) is 2.80. The van der Waals surface area contributed by atoms with E-state index in [0.717, 1.165) is 0 Å². The van der Waals surface area contributed by atoms with Gasteiger partial charge in [-0.25, -0.2) is 8.78 Å². The van der Waals surface area contributed by atoms with Crippen LogP contribution in [0.4, 0.5) is 20.2 Å². The molecule has 6 nitrogen and oxygen atoms in total. The number of carbonyl (C=O) groups is 2. The van der Waals surface area contributed by atoms with Crippen molar-refractivity contribution in [2.24, 2.45) is 0 Å². The summed E-state index contributed by atoms with van der Waals surface area (Å²) in [6, 6.07) is 5.59. The standard InChI is InChI=1S/C15H20F2N4O2/c1-21(2)8-13(22)19-10-3-5-11(6-4-10)20-14(23)12-7-15(16,17)9-18-12/h3-6,12,18H,7-9H2,1-2H3,(H,19,22)(H,20,23). The van der Waals surface area contributed by atoms with Gasteiger partial charge < -0.3 is 15.5 Å². The molecular weight excluding hydrogens is 306 g/mol. The molecular formula is C15H20F2N4O2. The molecule has 1 fully saturated rings. The van der Waals surface area contributed by atoms with Crippen LogP contribution in [0, 0.1) is 0 Å². The Morgan fingerprint density at radius 1 is 1.22 bits per heavy atom. The van der Waals surface area contributed by atoms with Crippen molar-refractivity contribution in [1.82, 2.24) is 10.2 Å². The quantitative estimate of drug-likeness (QED) is 0.758. The fourth-order valence-electron chi connectivity index (χ4n) is 2.25. The third-order valence-corrected chi connectivity index (χ3v) is 3.32. The lowest BCUT2D eigenvalue weighted by atomic mass is 10.2. The molecule has 1 atom stereocenters. The Morgan fingerprint density at radius 3 is 2.26 bits per heavy atom.